The van der Waals surface area contributed by atoms with Crippen LogP contribution in [0.25, 0.3) is 11.0 Å². The van der Waals surface area contributed by atoms with E-state index in [4.69, 9.17) is 28.3 Å². The van der Waals surface area contributed by atoms with Crippen LogP contribution < -0.4 is 0 Å². The van der Waals surface area contributed by atoms with Crippen molar-refractivity contribution in [2.24, 2.45) is 0 Å². The van der Waals surface area contributed by atoms with Crippen LogP contribution in [0.4, 0.5) is 0 Å². The van der Waals surface area contributed by atoms with E-state index in [2.05, 4.69) is 15.1 Å². The van der Waals surface area contributed by atoms with Crippen LogP contribution in [0.1, 0.15) is 11.7 Å². The summed E-state index contributed by atoms with van der Waals surface area (Å²) in [5, 5.41) is 4.55. The number of hydrogen-bond acceptors (Lipinski definition) is 4. The van der Waals surface area contributed by atoms with Gasteiger partial charge >= 0.3 is 0 Å². The van der Waals surface area contributed by atoms with Gasteiger partial charge in [-0.15, -0.1) is 0 Å². The minimum absolute atomic E-state index is 0.565. The van der Waals surface area contributed by atoms with Gasteiger partial charge in [-0.3, -0.25) is 0 Å². The minimum Gasteiger partial charge on any atom is -0.340 e. The number of aromatic amines is 1. The molecule has 7 heteroatoms. The lowest BCUT2D eigenvalue weighted by atomic mass is 10.3. The molecule has 19 heavy (non-hydrogen) atoms. The number of aromatic nitrogens is 4. The van der Waals surface area contributed by atoms with Gasteiger partial charge in [0.15, 0.2) is 10.6 Å². The summed E-state index contributed by atoms with van der Waals surface area (Å²) < 4.78 is 7.54. The molecular formula is C12H11ClN4OS. The second-order valence-electron chi connectivity index (χ2n) is 4.20. The molecule has 0 amide bonds. The third-order valence-electron chi connectivity index (χ3n) is 2.87. The first-order valence-electron chi connectivity index (χ1n) is 5.81. The molecule has 1 N–H and O–H groups in total. The molecule has 0 saturated carbocycles. The van der Waals surface area contributed by atoms with E-state index in [0.717, 1.165) is 11.0 Å². The van der Waals surface area contributed by atoms with E-state index in [1.54, 1.807) is 6.92 Å². The zero-order valence-corrected chi connectivity index (χ0v) is 11.8. The third-order valence-corrected chi connectivity index (χ3v) is 3.50. The number of aryl methyl sites for hydroxylation is 3. The molecule has 0 spiro atoms. The molecule has 0 aliphatic rings. The number of halogens is 1. The van der Waals surface area contributed by atoms with Crippen LogP contribution in [-0.2, 0) is 13.0 Å². The Morgan fingerprint density at radius 2 is 2.32 bits per heavy atom. The average Bonchev–Trinajstić information content (AvgIpc) is 2.91. The smallest absolute Gasteiger partial charge is 0.223 e. The lowest BCUT2D eigenvalue weighted by Gasteiger charge is -2.03. The van der Waals surface area contributed by atoms with Crippen molar-refractivity contribution in [3.8, 4) is 0 Å². The molecule has 0 aliphatic carbocycles. The number of benzene rings is 1. The summed E-state index contributed by atoms with van der Waals surface area (Å²) in [6, 6.07) is 5.69. The summed E-state index contributed by atoms with van der Waals surface area (Å²) in [5.41, 5.74) is 1.84. The highest BCUT2D eigenvalue weighted by Gasteiger charge is 2.09. The summed E-state index contributed by atoms with van der Waals surface area (Å²) in [6.45, 7) is 2.42. The number of H-pyrrole nitrogens is 1. The van der Waals surface area contributed by atoms with Crippen LogP contribution >= 0.6 is 23.8 Å². The van der Waals surface area contributed by atoms with E-state index in [0.29, 0.717) is 34.5 Å². The molecule has 5 nitrogen and oxygen atoms in total. The van der Waals surface area contributed by atoms with Crippen molar-refractivity contribution in [2.45, 2.75) is 19.9 Å². The number of rotatable bonds is 3. The number of imidazole rings is 1. The first-order chi connectivity index (χ1) is 9.15. The second-order valence-corrected chi connectivity index (χ2v) is 4.99. The molecule has 0 atom stereocenters. The van der Waals surface area contributed by atoms with E-state index in [-0.39, 0.29) is 0 Å². The van der Waals surface area contributed by atoms with E-state index in [1.807, 2.05) is 22.8 Å². The first kappa shape index (κ1) is 12.4. The fourth-order valence-corrected chi connectivity index (χ4v) is 2.61. The SMILES string of the molecule is Cc1nc(CCn2c(=S)[nH]c3cccc(Cl)c32)no1. The molecule has 0 bridgehead atoms. The molecule has 0 unspecified atom stereocenters. The lowest BCUT2D eigenvalue weighted by Crippen LogP contribution is -2.03. The zero-order valence-electron chi connectivity index (χ0n) is 10.2. The molecule has 0 radical (unpaired) electrons. The number of nitrogens with zero attached hydrogens (tertiary/aromatic N) is 3. The van der Waals surface area contributed by atoms with E-state index < -0.39 is 0 Å². The maximum absolute atomic E-state index is 6.22. The van der Waals surface area contributed by atoms with Gasteiger partial charge in [0.2, 0.25) is 5.89 Å². The fraction of sp³-hybridized carbons (Fsp3) is 0.250. The number of para-hydroxylation sites is 1. The van der Waals surface area contributed by atoms with E-state index in [9.17, 15) is 0 Å². The Hall–Kier alpha value is -1.66. The first-order valence-corrected chi connectivity index (χ1v) is 6.60. The Morgan fingerprint density at radius 1 is 1.47 bits per heavy atom. The average molecular weight is 295 g/mol. The van der Waals surface area contributed by atoms with Crippen molar-refractivity contribution in [2.75, 3.05) is 0 Å². The van der Waals surface area contributed by atoms with Crippen molar-refractivity contribution in [1.29, 1.82) is 0 Å². The molecule has 1 aromatic carbocycles. The quantitative estimate of drug-likeness (QED) is 0.753. The van der Waals surface area contributed by atoms with Gasteiger partial charge in [0.25, 0.3) is 0 Å². The summed E-state index contributed by atoms with van der Waals surface area (Å²) in [5.74, 6) is 1.23. The summed E-state index contributed by atoms with van der Waals surface area (Å²) in [7, 11) is 0. The van der Waals surface area contributed by atoms with Crippen LogP contribution in [0.3, 0.4) is 0 Å². The van der Waals surface area contributed by atoms with Crippen LogP contribution in [-0.4, -0.2) is 19.7 Å². The molecule has 2 heterocycles. The highest BCUT2D eigenvalue weighted by Crippen LogP contribution is 2.23. The predicted octanol–water partition coefficient (Wildman–Crippen LogP) is 3.29. The van der Waals surface area contributed by atoms with Crippen molar-refractivity contribution < 1.29 is 4.52 Å². The summed E-state index contributed by atoms with van der Waals surface area (Å²) >= 11 is 11.5. The molecule has 0 fully saturated rings. The van der Waals surface area contributed by atoms with Crippen molar-refractivity contribution in [3.63, 3.8) is 0 Å². The van der Waals surface area contributed by atoms with Crippen LogP contribution in [0.15, 0.2) is 22.7 Å². The monoisotopic (exact) mass is 294 g/mol. The standard InChI is InChI=1S/C12H11ClN4OS/c1-7-14-10(16-18-7)5-6-17-11-8(13)3-2-4-9(11)15-12(17)19/h2-4H,5-6H2,1H3,(H,15,19). The largest absolute Gasteiger partial charge is 0.340 e. The molecule has 2 aromatic heterocycles. The molecule has 0 aliphatic heterocycles. The lowest BCUT2D eigenvalue weighted by molar-refractivity contribution is 0.386. The summed E-state index contributed by atoms with van der Waals surface area (Å²) in [4.78, 5) is 7.31. The number of nitrogens with one attached hydrogen (secondary N) is 1. The van der Waals surface area contributed by atoms with Crippen LogP contribution in [0, 0.1) is 11.7 Å². The highest BCUT2D eigenvalue weighted by atomic mass is 35.5. The molecule has 98 valence electrons. The number of hydrogen-bond donors (Lipinski definition) is 1. The van der Waals surface area contributed by atoms with Gasteiger partial charge in [-0.2, -0.15) is 4.98 Å². The van der Waals surface area contributed by atoms with Gasteiger partial charge in [-0.05, 0) is 24.4 Å². The Kier molecular flexibility index (Phi) is 3.12. The van der Waals surface area contributed by atoms with Crippen LogP contribution in [0.2, 0.25) is 5.02 Å². The second kappa shape index (κ2) is 4.79. The Morgan fingerprint density at radius 3 is 3.05 bits per heavy atom. The maximum atomic E-state index is 6.22. The topological polar surface area (TPSA) is 59.6 Å². The van der Waals surface area contributed by atoms with Crippen LogP contribution in [0.5, 0.6) is 0 Å². The molecule has 0 saturated heterocycles. The third kappa shape index (κ3) is 2.29. The predicted molar refractivity (Wildman–Crippen MR) is 74.9 cm³/mol. The summed E-state index contributed by atoms with van der Waals surface area (Å²) in [6.07, 6.45) is 0.643. The zero-order chi connectivity index (χ0) is 13.4. The molecule has 3 aromatic rings. The van der Waals surface area contributed by atoms with Crippen molar-refractivity contribution in [1.82, 2.24) is 19.7 Å². The van der Waals surface area contributed by atoms with Gasteiger partial charge in [0, 0.05) is 19.9 Å². The van der Waals surface area contributed by atoms with E-state index >= 15 is 0 Å². The van der Waals surface area contributed by atoms with Gasteiger partial charge in [0.05, 0.1) is 16.1 Å². The fourth-order valence-electron chi connectivity index (χ4n) is 2.04. The molecular weight excluding hydrogens is 284 g/mol. The maximum Gasteiger partial charge on any atom is 0.223 e. The van der Waals surface area contributed by atoms with Gasteiger partial charge in [0.1, 0.15) is 0 Å². The normalized spacial score (nSPS) is 11.3. The Bertz CT molecular complexity index is 788. The Labute approximate surface area is 119 Å². The number of fused-ring (bicyclic) bond motifs is 1. The minimum atomic E-state index is 0.565. The van der Waals surface area contributed by atoms with Gasteiger partial charge in [-0.1, -0.05) is 22.8 Å². The van der Waals surface area contributed by atoms with E-state index in [1.165, 1.54) is 0 Å². The van der Waals surface area contributed by atoms with Crippen molar-refractivity contribution in [3.05, 3.63) is 39.7 Å². The van der Waals surface area contributed by atoms with Crippen molar-refractivity contribution >= 4 is 34.9 Å². The Balaban J connectivity index is 1.96. The highest BCUT2D eigenvalue weighted by molar-refractivity contribution is 7.71. The molecule has 3 rings (SSSR count). The van der Waals surface area contributed by atoms with Gasteiger partial charge < -0.3 is 14.1 Å². The van der Waals surface area contributed by atoms with Gasteiger partial charge in [-0.25, -0.2) is 0 Å².